The van der Waals surface area contributed by atoms with Gasteiger partial charge in [0.15, 0.2) is 23.1 Å². The van der Waals surface area contributed by atoms with Gasteiger partial charge < -0.3 is 19.1 Å². The second-order valence-electron chi connectivity index (χ2n) is 13.4. The molecule has 1 aliphatic heterocycles. The Balaban J connectivity index is 1.32. The fourth-order valence-corrected chi connectivity index (χ4v) is 8.45. The van der Waals surface area contributed by atoms with Crippen LogP contribution in [0.2, 0.25) is 5.02 Å². The highest BCUT2D eigenvalue weighted by Crippen LogP contribution is 2.61. The molecule has 1 saturated carbocycles. The molecule has 0 spiro atoms. The van der Waals surface area contributed by atoms with Crippen molar-refractivity contribution in [3.63, 3.8) is 0 Å². The lowest BCUT2D eigenvalue weighted by Gasteiger charge is -2.53. The van der Waals surface area contributed by atoms with Crippen molar-refractivity contribution in [2.24, 2.45) is 18.4 Å². The van der Waals surface area contributed by atoms with Crippen LogP contribution in [0.4, 0.5) is 0 Å². The zero-order valence-electron chi connectivity index (χ0n) is 28.4. The molecule has 3 heterocycles. The van der Waals surface area contributed by atoms with Crippen LogP contribution in [-0.4, -0.2) is 54.4 Å². The standard InChI is InChI=1S/C36H36ClN5O8/c1-17-18(2)32(45)36(3)22(31(17)44)14-25-20(30(36)21-13-19(37)7-8-27(21)43)9-12-41-34(47)40(35(48)42(25)41)11-10-23-33(46)39(4)26-16-29(50-6)28(49-5)15-24(26)38-23/h7-9,13,15-16,22,25,30,43H,10-12,14H2,1-6H3/t22-,25+,30+,36+/m0/s1. The average Bonchev–Trinajstić information content (AvgIpc) is 3.35. The van der Waals surface area contributed by atoms with Gasteiger partial charge in [-0.15, -0.1) is 0 Å². The Morgan fingerprint density at radius 1 is 1.00 bits per heavy atom. The monoisotopic (exact) mass is 701 g/mol. The Labute approximate surface area is 290 Å². The Kier molecular flexibility index (Phi) is 7.81. The summed E-state index contributed by atoms with van der Waals surface area (Å²) in [6, 6.07) is 7.11. The molecule has 0 amide bonds. The van der Waals surface area contributed by atoms with Crippen LogP contribution < -0.4 is 26.4 Å². The number of rotatable bonds is 6. The van der Waals surface area contributed by atoms with Gasteiger partial charge in [-0.2, -0.15) is 0 Å². The minimum Gasteiger partial charge on any atom is -0.508 e. The van der Waals surface area contributed by atoms with E-state index in [0.717, 1.165) is 4.57 Å². The largest absolute Gasteiger partial charge is 0.508 e. The van der Waals surface area contributed by atoms with Crippen molar-refractivity contribution in [1.82, 2.24) is 23.5 Å². The van der Waals surface area contributed by atoms with Crippen LogP contribution in [-0.2, 0) is 36.1 Å². The van der Waals surface area contributed by atoms with E-state index < -0.39 is 34.7 Å². The number of Topliss-reactive ketones (excluding diaryl/α,β-unsaturated/α-hetero) is 2. The second-order valence-corrected chi connectivity index (χ2v) is 13.8. The van der Waals surface area contributed by atoms with Crippen molar-refractivity contribution >= 4 is 34.2 Å². The minimum atomic E-state index is -1.28. The van der Waals surface area contributed by atoms with Gasteiger partial charge in [0.2, 0.25) is 0 Å². The maximum atomic E-state index is 14.2. The lowest BCUT2D eigenvalue weighted by molar-refractivity contribution is -0.140. The number of fused-ring (bicyclic) bond motifs is 5. The van der Waals surface area contributed by atoms with Crippen LogP contribution in [0, 0.1) is 11.3 Å². The minimum absolute atomic E-state index is 0.0130. The topological polar surface area (TPSA) is 157 Å². The number of halogens is 1. The number of carbonyl (C=O) groups excluding carboxylic acids is 2. The number of hydrogen-bond donors (Lipinski definition) is 1. The van der Waals surface area contributed by atoms with Crippen LogP contribution in [0.5, 0.6) is 17.2 Å². The van der Waals surface area contributed by atoms with Gasteiger partial charge in [0.25, 0.3) is 5.56 Å². The van der Waals surface area contributed by atoms with E-state index in [2.05, 4.69) is 4.98 Å². The predicted octanol–water partition coefficient (Wildman–Crippen LogP) is 3.46. The summed E-state index contributed by atoms with van der Waals surface area (Å²) in [4.78, 5) is 74.0. The highest BCUT2D eigenvalue weighted by Gasteiger charge is 2.60. The predicted molar refractivity (Wildman–Crippen MR) is 184 cm³/mol. The van der Waals surface area contributed by atoms with Gasteiger partial charge in [0, 0.05) is 54.6 Å². The Bertz CT molecular complexity index is 2410. The Hall–Kier alpha value is -5.17. The first kappa shape index (κ1) is 33.3. The highest BCUT2D eigenvalue weighted by molar-refractivity contribution is 6.30. The van der Waals surface area contributed by atoms with Gasteiger partial charge in [-0.1, -0.05) is 24.6 Å². The molecule has 260 valence electrons. The number of phenolic OH excluding ortho intramolecular Hbond substituents is 1. The molecule has 7 rings (SSSR count). The number of aryl methyl sites for hydroxylation is 2. The molecular weight excluding hydrogens is 666 g/mol. The lowest BCUT2D eigenvalue weighted by Crippen LogP contribution is -2.55. The fourth-order valence-electron chi connectivity index (χ4n) is 8.27. The average molecular weight is 702 g/mol. The van der Waals surface area contributed by atoms with Crippen molar-refractivity contribution in [2.45, 2.75) is 58.7 Å². The Morgan fingerprint density at radius 3 is 2.40 bits per heavy atom. The third-order valence-electron chi connectivity index (χ3n) is 11.0. The first-order valence-electron chi connectivity index (χ1n) is 16.2. The molecule has 2 aromatic carbocycles. The number of methoxy groups -OCH3 is 2. The molecule has 0 bridgehead atoms. The number of carbonyl (C=O) groups is 2. The zero-order chi connectivity index (χ0) is 36.0. The molecule has 1 fully saturated rings. The van der Waals surface area contributed by atoms with Gasteiger partial charge in [0.05, 0.1) is 43.3 Å². The van der Waals surface area contributed by atoms with Crippen molar-refractivity contribution in [1.29, 1.82) is 0 Å². The quantitative estimate of drug-likeness (QED) is 0.298. The number of phenols is 1. The highest BCUT2D eigenvalue weighted by atomic mass is 35.5. The zero-order valence-corrected chi connectivity index (χ0v) is 29.2. The molecule has 0 saturated heterocycles. The molecule has 1 N–H and O–H groups in total. The number of aromatic nitrogens is 5. The molecule has 2 aliphatic carbocycles. The number of allylic oxidation sites excluding steroid dienone is 4. The summed E-state index contributed by atoms with van der Waals surface area (Å²) in [5.41, 5.74) is 0.00341. The molecule has 14 heteroatoms. The molecule has 13 nitrogen and oxygen atoms in total. The summed E-state index contributed by atoms with van der Waals surface area (Å²) >= 11 is 6.41. The fraction of sp³-hybridized carbons (Fsp3) is 0.389. The van der Waals surface area contributed by atoms with Crippen molar-refractivity contribution in [2.75, 3.05) is 14.2 Å². The number of aromatic hydroxyl groups is 1. The number of ether oxygens (including phenoxy) is 2. The normalized spacial score (nSPS) is 23.0. The third-order valence-corrected chi connectivity index (χ3v) is 11.3. The first-order chi connectivity index (χ1) is 23.7. The van der Waals surface area contributed by atoms with Crippen LogP contribution in [0.15, 0.2) is 67.5 Å². The molecule has 3 aliphatic rings. The number of benzene rings is 2. The molecule has 0 radical (unpaired) electrons. The van der Waals surface area contributed by atoms with Crippen LogP contribution in [0.25, 0.3) is 11.0 Å². The van der Waals surface area contributed by atoms with E-state index in [1.165, 1.54) is 40.3 Å². The van der Waals surface area contributed by atoms with Crippen LogP contribution in [0.3, 0.4) is 0 Å². The van der Waals surface area contributed by atoms with Gasteiger partial charge in [-0.3, -0.25) is 14.4 Å². The van der Waals surface area contributed by atoms with E-state index in [4.69, 9.17) is 21.1 Å². The maximum absolute atomic E-state index is 14.2. The molecule has 4 aromatic rings. The van der Waals surface area contributed by atoms with Gasteiger partial charge in [-0.25, -0.2) is 28.5 Å². The van der Waals surface area contributed by atoms with Crippen LogP contribution >= 0.6 is 11.6 Å². The van der Waals surface area contributed by atoms with Gasteiger partial charge in [0.1, 0.15) is 11.4 Å². The molecule has 4 atom stereocenters. The number of ketones is 2. The SMILES string of the molecule is COc1cc2nc(CCn3c(=O)n4n(c3=O)[C@@H]3C[C@H]5C(=O)C(C)=C(C)C(=O)[C@@]5(C)[C@@H](c5cc(Cl)ccc5O)C3=CC4)c(=O)n(C)c2cc1OC. The van der Waals surface area contributed by atoms with E-state index in [-0.39, 0.29) is 54.5 Å². The summed E-state index contributed by atoms with van der Waals surface area (Å²) in [5.74, 6) is -1.31. The number of nitrogens with zero attached hydrogens (tertiary/aromatic N) is 5. The Morgan fingerprint density at radius 2 is 1.70 bits per heavy atom. The van der Waals surface area contributed by atoms with E-state index in [1.54, 1.807) is 46.0 Å². The van der Waals surface area contributed by atoms with Gasteiger partial charge >= 0.3 is 11.4 Å². The summed E-state index contributed by atoms with van der Waals surface area (Å²) in [5, 5.41) is 11.5. The summed E-state index contributed by atoms with van der Waals surface area (Å²) < 4.78 is 15.9. The van der Waals surface area contributed by atoms with E-state index in [0.29, 0.717) is 49.8 Å². The first-order valence-corrected chi connectivity index (χ1v) is 16.6. The number of hydrogen-bond acceptors (Lipinski definition) is 9. The van der Waals surface area contributed by atoms with E-state index in [9.17, 15) is 29.1 Å². The summed E-state index contributed by atoms with van der Waals surface area (Å²) in [6.45, 7) is 4.89. The van der Waals surface area contributed by atoms with Crippen molar-refractivity contribution < 1.29 is 24.2 Å². The molecule has 50 heavy (non-hydrogen) atoms. The lowest BCUT2D eigenvalue weighted by atomic mass is 9.50. The molecule has 0 unspecified atom stereocenters. The van der Waals surface area contributed by atoms with Gasteiger partial charge in [-0.05, 0) is 55.2 Å². The van der Waals surface area contributed by atoms with Crippen LogP contribution in [0.1, 0.15) is 50.4 Å². The molecule has 2 aromatic heterocycles. The maximum Gasteiger partial charge on any atom is 0.347 e. The smallest absolute Gasteiger partial charge is 0.347 e. The van der Waals surface area contributed by atoms with E-state index in [1.807, 2.05) is 6.08 Å². The summed E-state index contributed by atoms with van der Waals surface area (Å²) in [7, 11) is 4.59. The summed E-state index contributed by atoms with van der Waals surface area (Å²) in [6.07, 6.45) is 1.89. The van der Waals surface area contributed by atoms with Crippen molar-refractivity contribution in [3.05, 3.63) is 101 Å². The van der Waals surface area contributed by atoms with E-state index >= 15 is 0 Å². The molecular formula is C36H36ClN5O8. The second kappa shape index (κ2) is 11.7. The van der Waals surface area contributed by atoms with Crippen molar-refractivity contribution in [3.8, 4) is 17.2 Å². The third kappa shape index (κ3) is 4.59.